The van der Waals surface area contributed by atoms with Crippen LogP contribution in [0.3, 0.4) is 0 Å². The van der Waals surface area contributed by atoms with Gasteiger partial charge in [-0.15, -0.1) is 0 Å². The Kier molecular flexibility index (Phi) is 5.53. The van der Waals surface area contributed by atoms with Gasteiger partial charge in [0.2, 0.25) is 0 Å². The van der Waals surface area contributed by atoms with Crippen LogP contribution >= 0.6 is 0 Å². The molecule has 1 aromatic heterocycles. The van der Waals surface area contributed by atoms with Crippen molar-refractivity contribution in [3.63, 3.8) is 0 Å². The summed E-state index contributed by atoms with van der Waals surface area (Å²) in [4.78, 5) is 13.7. The van der Waals surface area contributed by atoms with Crippen molar-refractivity contribution in [2.24, 2.45) is 0 Å². The molecule has 1 unspecified atom stereocenters. The molecule has 1 aliphatic heterocycles. The molecule has 0 bridgehead atoms. The molecule has 2 N–H and O–H groups in total. The number of anilines is 1. The number of halogens is 3. The molecular formula is C19H21F3N4O. The Labute approximate surface area is 154 Å². The van der Waals surface area contributed by atoms with Crippen LogP contribution in [0.5, 0.6) is 0 Å². The molecule has 8 heteroatoms. The molecule has 0 amide bonds. The molecule has 0 radical (unpaired) electrons. The highest BCUT2D eigenvalue weighted by Crippen LogP contribution is 2.31. The van der Waals surface area contributed by atoms with Gasteiger partial charge in [-0.1, -0.05) is 24.3 Å². The predicted octanol–water partition coefficient (Wildman–Crippen LogP) is 3.86. The molecule has 2 heterocycles. The third-order valence-electron chi connectivity index (χ3n) is 4.52. The van der Waals surface area contributed by atoms with Crippen molar-refractivity contribution in [2.45, 2.75) is 38.5 Å². The van der Waals surface area contributed by atoms with Crippen LogP contribution in [0.15, 0.2) is 41.5 Å². The summed E-state index contributed by atoms with van der Waals surface area (Å²) >= 11 is 0. The van der Waals surface area contributed by atoms with Gasteiger partial charge in [0, 0.05) is 19.1 Å². The van der Waals surface area contributed by atoms with Crippen LogP contribution in [0.1, 0.15) is 36.5 Å². The van der Waals surface area contributed by atoms with E-state index in [0.717, 1.165) is 25.7 Å². The second-order valence-corrected chi connectivity index (χ2v) is 6.66. The highest BCUT2D eigenvalue weighted by molar-refractivity contribution is 5.55. The van der Waals surface area contributed by atoms with Crippen molar-refractivity contribution < 1.29 is 13.2 Å². The summed E-state index contributed by atoms with van der Waals surface area (Å²) in [5, 5.41) is 8.08. The Morgan fingerprint density at radius 1 is 1.33 bits per heavy atom. The van der Waals surface area contributed by atoms with Crippen LogP contribution in [0, 0.1) is 0 Å². The number of rotatable bonds is 6. The van der Waals surface area contributed by atoms with Crippen molar-refractivity contribution in [1.29, 1.82) is 0 Å². The minimum absolute atomic E-state index is 0.226. The van der Waals surface area contributed by atoms with E-state index in [2.05, 4.69) is 33.5 Å². The molecule has 0 aliphatic carbocycles. The van der Waals surface area contributed by atoms with Gasteiger partial charge >= 0.3 is 6.18 Å². The second-order valence-electron chi connectivity index (χ2n) is 6.66. The van der Waals surface area contributed by atoms with Crippen molar-refractivity contribution >= 4 is 11.8 Å². The Balaban J connectivity index is 1.54. The normalized spacial score (nSPS) is 14.7. The van der Waals surface area contributed by atoms with Crippen LogP contribution in [-0.2, 0) is 12.7 Å². The zero-order valence-electron chi connectivity index (χ0n) is 14.9. The molecular weight excluding hydrogens is 357 g/mol. The fraction of sp³-hybridized carbons (Fsp3) is 0.368. The van der Waals surface area contributed by atoms with E-state index in [1.54, 1.807) is 6.92 Å². The smallest absolute Gasteiger partial charge is 0.381 e. The van der Waals surface area contributed by atoms with Gasteiger partial charge in [-0.25, -0.2) is 5.10 Å². The van der Waals surface area contributed by atoms with E-state index in [1.165, 1.54) is 11.1 Å². The lowest BCUT2D eigenvalue weighted by atomic mass is 10.0. The summed E-state index contributed by atoms with van der Waals surface area (Å²) in [6, 6.07) is 7.95. The van der Waals surface area contributed by atoms with E-state index in [-0.39, 0.29) is 11.7 Å². The molecule has 144 valence electrons. The number of H-pyrrole nitrogens is 1. The van der Waals surface area contributed by atoms with E-state index >= 15 is 0 Å². The molecule has 0 fully saturated rings. The monoisotopic (exact) mass is 378 g/mol. The maximum Gasteiger partial charge on any atom is 0.423 e. The topological polar surface area (TPSA) is 61.0 Å². The van der Waals surface area contributed by atoms with Gasteiger partial charge in [0.25, 0.3) is 5.56 Å². The van der Waals surface area contributed by atoms with Crippen molar-refractivity contribution in [2.75, 3.05) is 11.9 Å². The summed E-state index contributed by atoms with van der Waals surface area (Å²) in [6.45, 7) is 3.42. The van der Waals surface area contributed by atoms with Gasteiger partial charge in [-0.3, -0.25) is 4.79 Å². The molecule has 0 saturated carbocycles. The number of nitrogens with zero attached hydrogens (tertiary/aromatic N) is 2. The van der Waals surface area contributed by atoms with Gasteiger partial charge in [0.1, 0.15) is 5.56 Å². The van der Waals surface area contributed by atoms with Crippen LogP contribution in [0.25, 0.3) is 6.08 Å². The highest BCUT2D eigenvalue weighted by Gasteiger charge is 2.37. The van der Waals surface area contributed by atoms with Gasteiger partial charge in [0.05, 0.1) is 11.9 Å². The Hall–Kier alpha value is -2.77. The number of aromatic amines is 1. The van der Waals surface area contributed by atoms with Crippen LogP contribution in [0.2, 0.25) is 0 Å². The lowest BCUT2D eigenvalue weighted by molar-refractivity contribution is -0.138. The summed E-state index contributed by atoms with van der Waals surface area (Å²) in [5.74, 6) is 0. The van der Waals surface area contributed by atoms with Crippen LogP contribution in [-0.4, -0.2) is 27.7 Å². The van der Waals surface area contributed by atoms with Crippen LogP contribution in [0.4, 0.5) is 18.9 Å². The number of aromatic nitrogens is 2. The number of hydrogen-bond acceptors (Lipinski definition) is 4. The Morgan fingerprint density at radius 3 is 2.89 bits per heavy atom. The minimum Gasteiger partial charge on any atom is -0.381 e. The number of fused-ring (bicyclic) bond motifs is 1. The quantitative estimate of drug-likeness (QED) is 0.802. The lowest BCUT2D eigenvalue weighted by Crippen LogP contribution is -2.28. The average molecular weight is 378 g/mol. The maximum atomic E-state index is 13.1. The summed E-state index contributed by atoms with van der Waals surface area (Å²) in [5.41, 5.74) is -0.289. The molecule has 27 heavy (non-hydrogen) atoms. The number of nitrogens with one attached hydrogen (secondary N) is 2. The molecule has 0 saturated heterocycles. The number of benzene rings is 1. The van der Waals surface area contributed by atoms with Crippen LogP contribution < -0.4 is 10.9 Å². The molecule has 2 aromatic rings. The molecule has 5 nitrogen and oxygen atoms in total. The lowest BCUT2D eigenvalue weighted by Gasteiger charge is -2.26. The average Bonchev–Trinajstić information content (AvgIpc) is 2.60. The molecule has 0 spiro atoms. The van der Waals surface area contributed by atoms with Gasteiger partial charge in [-0.2, -0.15) is 18.3 Å². The summed E-state index contributed by atoms with van der Waals surface area (Å²) in [7, 11) is 0. The zero-order chi connectivity index (χ0) is 19.4. The van der Waals surface area contributed by atoms with E-state index < -0.39 is 17.3 Å². The largest absolute Gasteiger partial charge is 0.423 e. The molecule has 1 aliphatic rings. The number of hydrogen-bond donors (Lipinski definition) is 2. The third kappa shape index (κ3) is 4.69. The van der Waals surface area contributed by atoms with Gasteiger partial charge < -0.3 is 10.2 Å². The first kappa shape index (κ1) is 19.0. The summed E-state index contributed by atoms with van der Waals surface area (Å²) in [6.07, 6.45) is 1.85. The van der Waals surface area contributed by atoms with E-state index in [1.807, 2.05) is 23.4 Å². The molecule has 3 rings (SSSR count). The summed E-state index contributed by atoms with van der Waals surface area (Å²) < 4.78 is 39.2. The zero-order valence-corrected chi connectivity index (χ0v) is 14.9. The van der Waals surface area contributed by atoms with E-state index in [9.17, 15) is 18.0 Å². The second kappa shape index (κ2) is 7.85. The first-order valence-corrected chi connectivity index (χ1v) is 8.76. The predicted molar refractivity (Wildman–Crippen MR) is 98.1 cm³/mol. The van der Waals surface area contributed by atoms with Gasteiger partial charge in [0.15, 0.2) is 0 Å². The fourth-order valence-electron chi connectivity index (χ4n) is 3.18. The van der Waals surface area contributed by atoms with E-state index in [0.29, 0.717) is 6.42 Å². The molecule has 1 atom stereocenters. The SMILES string of the molecule is CC(CCCN1C=Cc2ccccc2C1)Nc1cn[nH]c(=O)c1C(F)(F)F. The maximum absolute atomic E-state index is 13.1. The minimum atomic E-state index is -4.73. The van der Waals surface area contributed by atoms with Crippen molar-refractivity contribution in [3.8, 4) is 0 Å². The molecule has 1 aromatic carbocycles. The number of alkyl halides is 3. The Morgan fingerprint density at radius 2 is 2.11 bits per heavy atom. The highest BCUT2D eigenvalue weighted by atomic mass is 19.4. The standard InChI is InChI=1S/C19H21F3N4O/c1-13(24-16-11-23-25-18(27)17(16)19(20,21)22)5-4-9-26-10-8-14-6-2-3-7-15(14)12-26/h2-3,6-8,10-11,13H,4-5,9,12H2,1H3,(H2,24,25,27). The first-order valence-electron chi connectivity index (χ1n) is 8.76. The van der Waals surface area contributed by atoms with Gasteiger partial charge in [-0.05, 0) is 43.2 Å². The third-order valence-corrected chi connectivity index (χ3v) is 4.52. The van der Waals surface area contributed by atoms with E-state index in [4.69, 9.17) is 0 Å². The van der Waals surface area contributed by atoms with Crippen molar-refractivity contribution in [3.05, 3.63) is 63.7 Å². The van der Waals surface area contributed by atoms with Crippen molar-refractivity contribution in [1.82, 2.24) is 15.1 Å². The Bertz CT molecular complexity index is 876. The fourth-order valence-corrected chi connectivity index (χ4v) is 3.18. The first-order chi connectivity index (χ1) is 12.8.